The molecule has 1 rings (SSSR count). The summed E-state index contributed by atoms with van der Waals surface area (Å²) in [7, 11) is 1.28. The van der Waals surface area contributed by atoms with Crippen LogP contribution < -0.4 is 0 Å². The molecule has 0 saturated heterocycles. The molecule has 0 aromatic heterocycles. The Kier molecular flexibility index (Phi) is 3.55. The van der Waals surface area contributed by atoms with Gasteiger partial charge >= 0.3 is 0 Å². The molecular formula is C9H7ClF2O2. The Labute approximate surface area is 84.4 Å². The van der Waals surface area contributed by atoms with Crippen LogP contribution in [0.2, 0.25) is 5.02 Å². The van der Waals surface area contributed by atoms with Crippen molar-refractivity contribution in [2.75, 3.05) is 13.7 Å². The Bertz CT molecular complexity index is 366. The number of ketones is 1. The Morgan fingerprint density at radius 3 is 2.57 bits per heavy atom. The van der Waals surface area contributed by atoms with Crippen LogP contribution in [0, 0.1) is 11.6 Å². The van der Waals surface area contributed by atoms with Gasteiger partial charge in [0.25, 0.3) is 0 Å². The third kappa shape index (κ3) is 2.08. The molecular weight excluding hydrogens is 214 g/mol. The van der Waals surface area contributed by atoms with E-state index in [0.29, 0.717) is 0 Å². The molecule has 1 aromatic carbocycles. The summed E-state index contributed by atoms with van der Waals surface area (Å²) in [5.41, 5.74) is -0.464. The minimum absolute atomic E-state index is 0.333. The van der Waals surface area contributed by atoms with E-state index in [1.165, 1.54) is 7.11 Å². The number of halogens is 3. The molecule has 0 bridgehead atoms. The maximum Gasteiger partial charge on any atom is 0.192 e. The number of Topliss-reactive ketones (excluding diaryl/α,β-unsaturated/α-hetero) is 1. The number of ether oxygens (including phenoxy) is 1. The van der Waals surface area contributed by atoms with Crippen LogP contribution in [0.4, 0.5) is 8.78 Å². The van der Waals surface area contributed by atoms with Gasteiger partial charge in [-0.15, -0.1) is 0 Å². The lowest BCUT2D eigenvalue weighted by atomic mass is 10.1. The van der Waals surface area contributed by atoms with E-state index < -0.39 is 28.0 Å². The molecule has 5 heteroatoms. The highest BCUT2D eigenvalue weighted by atomic mass is 35.5. The second kappa shape index (κ2) is 4.48. The highest BCUT2D eigenvalue weighted by molar-refractivity contribution is 6.34. The van der Waals surface area contributed by atoms with E-state index in [1.807, 2.05) is 0 Å². The summed E-state index contributed by atoms with van der Waals surface area (Å²) in [5.74, 6) is -2.36. The molecule has 0 amide bonds. The van der Waals surface area contributed by atoms with Crippen LogP contribution in [-0.2, 0) is 4.74 Å². The van der Waals surface area contributed by atoms with Gasteiger partial charge in [-0.25, -0.2) is 8.78 Å². The summed E-state index contributed by atoms with van der Waals surface area (Å²) < 4.78 is 30.5. The van der Waals surface area contributed by atoms with Gasteiger partial charge in [0.2, 0.25) is 0 Å². The molecule has 0 saturated carbocycles. The second-order valence-electron chi connectivity index (χ2n) is 2.57. The first-order valence-electron chi connectivity index (χ1n) is 3.73. The molecule has 0 atom stereocenters. The van der Waals surface area contributed by atoms with E-state index >= 15 is 0 Å². The monoisotopic (exact) mass is 220 g/mol. The predicted molar refractivity (Wildman–Crippen MR) is 47.6 cm³/mol. The van der Waals surface area contributed by atoms with E-state index in [1.54, 1.807) is 0 Å². The van der Waals surface area contributed by atoms with Gasteiger partial charge in [0, 0.05) is 7.11 Å². The number of benzene rings is 1. The number of hydrogen-bond acceptors (Lipinski definition) is 2. The van der Waals surface area contributed by atoms with Crippen LogP contribution in [0.3, 0.4) is 0 Å². The Morgan fingerprint density at radius 2 is 2.00 bits per heavy atom. The average Bonchev–Trinajstić information content (AvgIpc) is 2.13. The molecule has 0 unspecified atom stereocenters. The molecule has 1 aromatic rings. The summed E-state index contributed by atoms with van der Waals surface area (Å²) in [4.78, 5) is 11.2. The summed E-state index contributed by atoms with van der Waals surface area (Å²) >= 11 is 5.44. The van der Waals surface area contributed by atoms with Gasteiger partial charge in [0.05, 0.1) is 10.6 Å². The summed E-state index contributed by atoms with van der Waals surface area (Å²) in [6.45, 7) is -0.333. The normalized spacial score (nSPS) is 10.3. The third-order valence-electron chi connectivity index (χ3n) is 1.60. The predicted octanol–water partition coefficient (Wildman–Crippen LogP) is 2.45. The van der Waals surface area contributed by atoms with Crippen molar-refractivity contribution in [3.05, 3.63) is 34.4 Å². The highest BCUT2D eigenvalue weighted by Crippen LogP contribution is 2.23. The molecule has 0 fully saturated rings. The van der Waals surface area contributed by atoms with E-state index in [2.05, 4.69) is 4.74 Å². The fraction of sp³-hybridized carbons (Fsp3) is 0.222. The maximum atomic E-state index is 13.1. The second-order valence-corrected chi connectivity index (χ2v) is 2.95. The summed E-state index contributed by atoms with van der Waals surface area (Å²) in [6, 6.07) is 1.71. The Hall–Kier alpha value is -1.00. The standard InChI is InChI=1S/C9H7ClF2O2/c1-14-4-7(13)8-5(11)2-3-6(12)9(8)10/h2-3H,4H2,1H3. The van der Waals surface area contributed by atoms with Crippen LogP contribution >= 0.6 is 11.6 Å². The van der Waals surface area contributed by atoms with Gasteiger partial charge < -0.3 is 4.74 Å². The molecule has 0 aliphatic heterocycles. The third-order valence-corrected chi connectivity index (χ3v) is 1.97. The van der Waals surface area contributed by atoms with Crippen molar-refractivity contribution in [1.82, 2.24) is 0 Å². The number of carbonyl (C=O) groups excluding carboxylic acids is 1. The molecule has 2 nitrogen and oxygen atoms in total. The summed E-state index contributed by atoms with van der Waals surface area (Å²) in [6.07, 6.45) is 0. The van der Waals surface area contributed by atoms with Crippen LogP contribution in [0.25, 0.3) is 0 Å². The smallest absolute Gasteiger partial charge is 0.192 e. The molecule has 0 aliphatic carbocycles. The molecule has 0 radical (unpaired) electrons. The molecule has 0 heterocycles. The van der Waals surface area contributed by atoms with Gasteiger partial charge in [0.1, 0.15) is 18.2 Å². The van der Waals surface area contributed by atoms with Gasteiger partial charge in [-0.2, -0.15) is 0 Å². The van der Waals surface area contributed by atoms with Crippen LogP contribution in [0.5, 0.6) is 0 Å². The SMILES string of the molecule is COCC(=O)c1c(F)ccc(F)c1Cl. The molecule has 14 heavy (non-hydrogen) atoms. The lowest BCUT2D eigenvalue weighted by molar-refractivity contribution is 0.0843. The quantitative estimate of drug-likeness (QED) is 0.578. The van der Waals surface area contributed by atoms with Crippen molar-refractivity contribution in [2.24, 2.45) is 0 Å². The van der Waals surface area contributed by atoms with Crippen molar-refractivity contribution in [3.63, 3.8) is 0 Å². The summed E-state index contributed by atoms with van der Waals surface area (Å²) in [5, 5.41) is -0.507. The van der Waals surface area contributed by atoms with Gasteiger partial charge in [-0.3, -0.25) is 4.79 Å². The Balaban J connectivity index is 3.18. The van der Waals surface area contributed by atoms with E-state index in [0.717, 1.165) is 12.1 Å². The number of rotatable bonds is 3. The van der Waals surface area contributed by atoms with Crippen molar-refractivity contribution < 1.29 is 18.3 Å². The zero-order valence-electron chi connectivity index (χ0n) is 7.31. The fourth-order valence-electron chi connectivity index (χ4n) is 0.986. The van der Waals surface area contributed by atoms with Gasteiger partial charge in [-0.05, 0) is 12.1 Å². The van der Waals surface area contributed by atoms with Crippen molar-refractivity contribution >= 4 is 17.4 Å². The number of methoxy groups -OCH3 is 1. The van der Waals surface area contributed by atoms with Crippen molar-refractivity contribution in [1.29, 1.82) is 0 Å². The number of hydrogen-bond donors (Lipinski definition) is 0. The fourth-order valence-corrected chi connectivity index (χ4v) is 1.24. The maximum absolute atomic E-state index is 13.1. The lowest BCUT2D eigenvalue weighted by Crippen LogP contribution is -2.10. The average molecular weight is 221 g/mol. The molecule has 0 N–H and O–H groups in total. The van der Waals surface area contributed by atoms with Gasteiger partial charge in [0.15, 0.2) is 5.78 Å². The van der Waals surface area contributed by atoms with Crippen molar-refractivity contribution in [3.8, 4) is 0 Å². The minimum Gasteiger partial charge on any atom is -0.377 e. The Morgan fingerprint density at radius 1 is 1.43 bits per heavy atom. The molecule has 76 valence electrons. The van der Waals surface area contributed by atoms with Crippen LogP contribution in [-0.4, -0.2) is 19.5 Å². The first kappa shape index (κ1) is 11.1. The van der Waals surface area contributed by atoms with Crippen LogP contribution in [0.15, 0.2) is 12.1 Å². The first-order valence-corrected chi connectivity index (χ1v) is 4.11. The zero-order valence-corrected chi connectivity index (χ0v) is 8.07. The lowest BCUT2D eigenvalue weighted by Gasteiger charge is -2.04. The molecule has 0 spiro atoms. The molecule has 0 aliphatic rings. The number of carbonyl (C=O) groups is 1. The van der Waals surface area contributed by atoms with Crippen molar-refractivity contribution in [2.45, 2.75) is 0 Å². The van der Waals surface area contributed by atoms with E-state index in [4.69, 9.17) is 11.6 Å². The minimum atomic E-state index is -0.849. The highest BCUT2D eigenvalue weighted by Gasteiger charge is 2.18. The first-order chi connectivity index (χ1) is 6.57. The van der Waals surface area contributed by atoms with E-state index in [-0.39, 0.29) is 6.61 Å². The van der Waals surface area contributed by atoms with Crippen LogP contribution in [0.1, 0.15) is 10.4 Å². The van der Waals surface area contributed by atoms with E-state index in [9.17, 15) is 13.6 Å². The zero-order chi connectivity index (χ0) is 10.7. The van der Waals surface area contributed by atoms with Gasteiger partial charge in [-0.1, -0.05) is 11.6 Å². The largest absolute Gasteiger partial charge is 0.377 e. The topological polar surface area (TPSA) is 26.3 Å².